The van der Waals surface area contributed by atoms with Crippen molar-refractivity contribution in [3.63, 3.8) is 0 Å². The molecule has 5 unspecified atom stereocenters. The number of hydrogen-bond donors (Lipinski definition) is 8. The number of carboxylic acids is 1. The van der Waals surface area contributed by atoms with Crippen LogP contribution in [0.5, 0.6) is 0 Å². The number of aliphatic hydroxyl groups excluding tert-OH is 2. The highest BCUT2D eigenvalue weighted by Gasteiger charge is 2.31. The second-order valence-electron chi connectivity index (χ2n) is 7.71. The second-order valence-corrected chi connectivity index (χ2v) is 7.71. The third-order valence-corrected chi connectivity index (χ3v) is 5.06. The Labute approximate surface area is 189 Å². The molecular formula is C21H29N5O7. The van der Waals surface area contributed by atoms with Crippen molar-refractivity contribution >= 4 is 34.6 Å². The molecule has 1 aromatic carbocycles. The lowest BCUT2D eigenvalue weighted by atomic mass is 10.0. The molecule has 1 heterocycles. The normalized spacial score (nSPS) is 15.7. The molecule has 0 aliphatic heterocycles. The van der Waals surface area contributed by atoms with Crippen LogP contribution in [0.3, 0.4) is 0 Å². The van der Waals surface area contributed by atoms with Crippen LogP contribution >= 0.6 is 0 Å². The number of rotatable bonds is 11. The number of amides is 3. The number of hydrogen-bond acceptors (Lipinski definition) is 7. The molecule has 180 valence electrons. The fourth-order valence-electron chi connectivity index (χ4n) is 3.13. The van der Waals surface area contributed by atoms with Crippen LogP contribution in [0.4, 0.5) is 0 Å². The zero-order chi connectivity index (χ0) is 24.7. The van der Waals surface area contributed by atoms with E-state index < -0.39 is 60.6 Å². The van der Waals surface area contributed by atoms with Gasteiger partial charge in [0, 0.05) is 17.1 Å². The maximum Gasteiger partial charge on any atom is 0.325 e. The van der Waals surface area contributed by atoms with E-state index in [0.717, 1.165) is 16.5 Å². The van der Waals surface area contributed by atoms with Gasteiger partial charge in [-0.15, -0.1) is 0 Å². The second kappa shape index (κ2) is 11.4. The summed E-state index contributed by atoms with van der Waals surface area (Å²) in [5.74, 6) is -3.89. The number of carboxylic acid groups (broad SMARTS) is 1. The van der Waals surface area contributed by atoms with E-state index in [2.05, 4.69) is 20.9 Å². The number of nitrogens with two attached hydrogens (primary N) is 1. The lowest BCUT2D eigenvalue weighted by molar-refractivity contribution is -0.142. The van der Waals surface area contributed by atoms with Gasteiger partial charge in [-0.2, -0.15) is 0 Å². The molecule has 0 radical (unpaired) electrons. The highest BCUT2D eigenvalue weighted by molar-refractivity contribution is 5.94. The third kappa shape index (κ3) is 6.75. The van der Waals surface area contributed by atoms with Gasteiger partial charge in [-0.25, -0.2) is 0 Å². The molecule has 2 aromatic rings. The number of benzene rings is 1. The summed E-state index contributed by atoms with van der Waals surface area (Å²) in [5.41, 5.74) is 7.67. The van der Waals surface area contributed by atoms with Gasteiger partial charge in [-0.05, 0) is 31.9 Å². The monoisotopic (exact) mass is 463 g/mol. The molecule has 0 saturated carbocycles. The minimum atomic E-state index is -1.51. The molecule has 12 nitrogen and oxygen atoms in total. The molecule has 0 bridgehead atoms. The van der Waals surface area contributed by atoms with Crippen LogP contribution in [0.1, 0.15) is 19.4 Å². The van der Waals surface area contributed by atoms with Crippen LogP contribution in [-0.2, 0) is 25.6 Å². The molecule has 0 spiro atoms. The molecule has 3 amide bonds. The van der Waals surface area contributed by atoms with E-state index in [0.29, 0.717) is 0 Å². The summed E-state index contributed by atoms with van der Waals surface area (Å²) in [5, 5.41) is 35.9. The van der Waals surface area contributed by atoms with Crippen LogP contribution in [0, 0.1) is 0 Å². The Kier molecular flexibility index (Phi) is 8.91. The molecule has 1 aromatic heterocycles. The summed E-state index contributed by atoms with van der Waals surface area (Å²) in [6, 6.07) is 2.23. The standard InChI is InChI=1S/C21H29N5O7/c1-10(21(32)33)24-20(31)17(11(2)28)26-19(30)16(9-27)25-18(29)14(22)7-12-8-23-15-6-4-3-5-13(12)15/h3-6,8,10-11,14,16-17,23,27-28H,7,9,22H2,1-2H3,(H,24,31)(H,25,29)(H,26,30)(H,32,33). The van der Waals surface area contributed by atoms with E-state index in [9.17, 15) is 29.4 Å². The van der Waals surface area contributed by atoms with Crippen molar-refractivity contribution < 1.29 is 34.5 Å². The van der Waals surface area contributed by atoms with Crippen LogP contribution in [0.15, 0.2) is 30.5 Å². The maximum absolute atomic E-state index is 12.5. The molecule has 0 fully saturated rings. The van der Waals surface area contributed by atoms with Gasteiger partial charge in [-0.3, -0.25) is 19.2 Å². The SMILES string of the molecule is CC(NC(=O)C(NC(=O)C(CO)NC(=O)C(N)Cc1c[nH]c2ccccc12)C(C)O)C(=O)O. The summed E-state index contributed by atoms with van der Waals surface area (Å²) in [6.45, 7) is 1.64. The molecule has 2 rings (SSSR count). The Balaban J connectivity index is 2.00. The molecule has 0 aliphatic rings. The number of aromatic amines is 1. The van der Waals surface area contributed by atoms with Gasteiger partial charge < -0.3 is 42.0 Å². The molecular weight excluding hydrogens is 434 g/mol. The fourth-order valence-corrected chi connectivity index (χ4v) is 3.13. The number of carbonyl (C=O) groups is 4. The van der Waals surface area contributed by atoms with Gasteiger partial charge >= 0.3 is 5.97 Å². The Morgan fingerprint density at radius 1 is 1.03 bits per heavy atom. The lowest BCUT2D eigenvalue weighted by Gasteiger charge is -2.25. The smallest absolute Gasteiger partial charge is 0.325 e. The number of fused-ring (bicyclic) bond motifs is 1. The van der Waals surface area contributed by atoms with E-state index >= 15 is 0 Å². The van der Waals surface area contributed by atoms with Crippen molar-refractivity contribution in [3.05, 3.63) is 36.0 Å². The molecule has 12 heteroatoms. The first-order valence-corrected chi connectivity index (χ1v) is 10.3. The number of nitrogens with one attached hydrogen (secondary N) is 4. The first-order chi connectivity index (χ1) is 15.5. The number of aliphatic carboxylic acids is 1. The minimum Gasteiger partial charge on any atom is -0.480 e. The summed E-state index contributed by atoms with van der Waals surface area (Å²) >= 11 is 0. The predicted molar refractivity (Wildman–Crippen MR) is 118 cm³/mol. The quantitative estimate of drug-likeness (QED) is 0.186. The van der Waals surface area contributed by atoms with Gasteiger partial charge in [-0.1, -0.05) is 18.2 Å². The topological polar surface area (TPSA) is 207 Å². The zero-order valence-electron chi connectivity index (χ0n) is 18.2. The molecule has 33 heavy (non-hydrogen) atoms. The number of H-pyrrole nitrogens is 1. The minimum absolute atomic E-state index is 0.168. The number of aliphatic hydroxyl groups is 2. The van der Waals surface area contributed by atoms with Crippen LogP contribution in [0.2, 0.25) is 0 Å². The van der Waals surface area contributed by atoms with E-state index in [1.54, 1.807) is 6.20 Å². The van der Waals surface area contributed by atoms with Crippen LogP contribution in [-0.4, -0.2) is 80.9 Å². The Hall–Kier alpha value is -3.48. The van der Waals surface area contributed by atoms with Gasteiger partial charge in [0.2, 0.25) is 17.7 Å². The van der Waals surface area contributed by atoms with Crippen molar-refractivity contribution in [1.82, 2.24) is 20.9 Å². The predicted octanol–water partition coefficient (Wildman–Crippen LogP) is -2.03. The maximum atomic E-state index is 12.5. The van der Waals surface area contributed by atoms with Gasteiger partial charge in [0.25, 0.3) is 0 Å². The van der Waals surface area contributed by atoms with Crippen LogP contribution in [0.25, 0.3) is 10.9 Å². The highest BCUT2D eigenvalue weighted by atomic mass is 16.4. The van der Waals surface area contributed by atoms with Crippen molar-refractivity contribution in [2.75, 3.05) is 6.61 Å². The molecule has 0 saturated heterocycles. The Bertz CT molecular complexity index is 1010. The van der Waals surface area contributed by atoms with Gasteiger partial charge in [0.15, 0.2) is 0 Å². The third-order valence-electron chi connectivity index (χ3n) is 5.06. The van der Waals surface area contributed by atoms with Crippen molar-refractivity contribution in [3.8, 4) is 0 Å². The first kappa shape index (κ1) is 25.8. The fraction of sp³-hybridized carbons (Fsp3) is 0.429. The Morgan fingerprint density at radius 3 is 2.30 bits per heavy atom. The van der Waals surface area contributed by atoms with Crippen molar-refractivity contribution in [2.45, 2.75) is 50.5 Å². The zero-order valence-corrected chi connectivity index (χ0v) is 18.2. The van der Waals surface area contributed by atoms with E-state index in [1.165, 1.54) is 13.8 Å². The summed E-state index contributed by atoms with van der Waals surface area (Å²) in [4.78, 5) is 51.3. The highest BCUT2D eigenvalue weighted by Crippen LogP contribution is 2.18. The number of carbonyl (C=O) groups excluding carboxylic acids is 3. The average Bonchev–Trinajstić information content (AvgIpc) is 3.17. The van der Waals surface area contributed by atoms with Crippen molar-refractivity contribution in [2.24, 2.45) is 5.73 Å². The summed E-state index contributed by atoms with van der Waals surface area (Å²) in [7, 11) is 0. The van der Waals surface area contributed by atoms with Crippen molar-refractivity contribution in [1.29, 1.82) is 0 Å². The van der Waals surface area contributed by atoms with Gasteiger partial charge in [0.05, 0.1) is 18.8 Å². The van der Waals surface area contributed by atoms with E-state index in [-0.39, 0.29) is 6.42 Å². The van der Waals surface area contributed by atoms with Crippen LogP contribution < -0.4 is 21.7 Å². The lowest BCUT2D eigenvalue weighted by Crippen LogP contribution is -2.60. The molecule has 5 atom stereocenters. The molecule has 0 aliphatic carbocycles. The molecule has 9 N–H and O–H groups in total. The van der Waals surface area contributed by atoms with Gasteiger partial charge in [0.1, 0.15) is 18.1 Å². The summed E-state index contributed by atoms with van der Waals surface area (Å²) < 4.78 is 0. The summed E-state index contributed by atoms with van der Waals surface area (Å²) in [6.07, 6.45) is 0.522. The van der Waals surface area contributed by atoms with E-state index in [1.807, 2.05) is 24.3 Å². The Morgan fingerprint density at radius 2 is 1.70 bits per heavy atom. The largest absolute Gasteiger partial charge is 0.480 e. The first-order valence-electron chi connectivity index (χ1n) is 10.3. The average molecular weight is 463 g/mol. The number of para-hydroxylation sites is 1. The number of aromatic nitrogens is 1. The van der Waals surface area contributed by atoms with E-state index in [4.69, 9.17) is 10.8 Å².